The van der Waals surface area contributed by atoms with Gasteiger partial charge in [-0.2, -0.15) is 0 Å². The molecule has 1 atom stereocenters. The van der Waals surface area contributed by atoms with Gasteiger partial charge in [-0.15, -0.1) is 0 Å². The zero-order valence-electron chi connectivity index (χ0n) is 12.1. The molecule has 108 valence electrons. The van der Waals surface area contributed by atoms with E-state index in [2.05, 4.69) is 22.9 Å². The van der Waals surface area contributed by atoms with Crippen molar-refractivity contribution in [3.05, 3.63) is 29.6 Å². The molecule has 20 heavy (non-hydrogen) atoms. The molecular weight excluding hydrogens is 254 g/mol. The molecule has 2 fully saturated rings. The first-order valence-electron chi connectivity index (χ1n) is 7.22. The van der Waals surface area contributed by atoms with Crippen molar-refractivity contribution in [3.8, 4) is 0 Å². The predicted molar refractivity (Wildman–Crippen MR) is 75.3 cm³/mol. The van der Waals surface area contributed by atoms with E-state index < -0.39 is 0 Å². The Labute approximate surface area is 119 Å². The summed E-state index contributed by atoms with van der Waals surface area (Å²) >= 11 is 0. The number of ether oxygens (including phenoxy) is 1. The third-order valence-electron chi connectivity index (χ3n) is 4.40. The van der Waals surface area contributed by atoms with Gasteiger partial charge in [-0.25, -0.2) is 4.79 Å². The van der Waals surface area contributed by atoms with Gasteiger partial charge in [0, 0.05) is 31.9 Å². The molecule has 1 aromatic rings. The third kappa shape index (κ3) is 2.26. The molecule has 1 unspecified atom stereocenters. The minimum atomic E-state index is -0.153. The van der Waals surface area contributed by atoms with Crippen LogP contribution in [0.1, 0.15) is 24.7 Å². The Morgan fingerprint density at radius 3 is 3.00 bits per heavy atom. The summed E-state index contributed by atoms with van der Waals surface area (Å²) < 4.78 is 5.26. The molecule has 2 aliphatic rings. The number of aryl methyl sites for hydroxylation is 1. The number of piperazine rings is 1. The minimum absolute atomic E-state index is 0.140. The Morgan fingerprint density at radius 2 is 2.25 bits per heavy atom. The second kappa shape index (κ2) is 5.05. The third-order valence-corrected chi connectivity index (χ3v) is 4.40. The van der Waals surface area contributed by atoms with E-state index in [4.69, 9.17) is 4.74 Å². The van der Waals surface area contributed by atoms with Crippen LogP contribution in [-0.4, -0.2) is 52.7 Å². The normalized spacial score (nSPS) is 26.5. The largest absolute Gasteiger partial charge is 0.447 e. The molecular formula is C15H21N3O2. The molecule has 0 spiro atoms. The topological polar surface area (TPSA) is 45.7 Å². The summed E-state index contributed by atoms with van der Waals surface area (Å²) in [7, 11) is 0. The van der Waals surface area contributed by atoms with Crippen LogP contribution in [0.4, 0.5) is 4.79 Å². The maximum atomic E-state index is 11.8. The fraction of sp³-hybridized carbons (Fsp3) is 0.600. The van der Waals surface area contributed by atoms with Gasteiger partial charge in [-0.1, -0.05) is 13.0 Å². The van der Waals surface area contributed by atoms with Crippen LogP contribution < -0.4 is 0 Å². The van der Waals surface area contributed by atoms with Gasteiger partial charge in [0.05, 0.1) is 11.2 Å². The number of cyclic esters (lactones) is 1. The Kier molecular flexibility index (Phi) is 3.38. The van der Waals surface area contributed by atoms with Gasteiger partial charge < -0.3 is 4.74 Å². The van der Waals surface area contributed by atoms with Crippen molar-refractivity contribution in [1.82, 2.24) is 14.8 Å². The number of carbonyl (C=O) groups is 1. The van der Waals surface area contributed by atoms with Crippen LogP contribution >= 0.6 is 0 Å². The molecule has 2 saturated heterocycles. The molecule has 0 aliphatic carbocycles. The monoisotopic (exact) mass is 275 g/mol. The average molecular weight is 275 g/mol. The van der Waals surface area contributed by atoms with E-state index in [0.717, 1.165) is 44.0 Å². The van der Waals surface area contributed by atoms with E-state index in [1.54, 1.807) is 0 Å². The second-order valence-electron chi connectivity index (χ2n) is 5.77. The van der Waals surface area contributed by atoms with Gasteiger partial charge in [0.25, 0.3) is 0 Å². The number of hydrogen-bond donors (Lipinski definition) is 0. The number of amides is 1. The van der Waals surface area contributed by atoms with Crippen LogP contribution in [0.25, 0.3) is 0 Å². The highest BCUT2D eigenvalue weighted by Crippen LogP contribution is 2.32. The molecule has 0 bridgehead atoms. The number of fused-ring (bicyclic) bond motifs is 1. The molecule has 5 nitrogen and oxygen atoms in total. The lowest BCUT2D eigenvalue weighted by atomic mass is 9.93. The van der Waals surface area contributed by atoms with Gasteiger partial charge in [0.2, 0.25) is 0 Å². The molecule has 1 amide bonds. The van der Waals surface area contributed by atoms with E-state index in [-0.39, 0.29) is 11.6 Å². The van der Waals surface area contributed by atoms with Gasteiger partial charge in [-0.3, -0.25) is 14.8 Å². The second-order valence-corrected chi connectivity index (χ2v) is 5.77. The molecule has 1 aromatic heterocycles. The maximum absolute atomic E-state index is 11.8. The molecule has 0 radical (unpaired) electrons. The summed E-state index contributed by atoms with van der Waals surface area (Å²) in [5.41, 5.74) is 2.00. The summed E-state index contributed by atoms with van der Waals surface area (Å²) in [6.07, 6.45) is 0.774. The van der Waals surface area contributed by atoms with E-state index in [0.29, 0.717) is 6.61 Å². The summed E-state index contributed by atoms with van der Waals surface area (Å²) in [4.78, 5) is 20.6. The summed E-state index contributed by atoms with van der Waals surface area (Å²) in [6.45, 7) is 7.99. The number of pyridine rings is 1. The van der Waals surface area contributed by atoms with Gasteiger partial charge in [0.1, 0.15) is 6.61 Å². The highest BCUT2D eigenvalue weighted by atomic mass is 16.6. The summed E-state index contributed by atoms with van der Waals surface area (Å²) in [6, 6.07) is 6.12. The fourth-order valence-corrected chi connectivity index (χ4v) is 3.20. The average Bonchev–Trinajstić information content (AvgIpc) is 2.77. The highest BCUT2D eigenvalue weighted by Gasteiger charge is 2.49. The Balaban J connectivity index is 1.73. The molecule has 0 N–H and O–H groups in total. The standard InChI is InChI=1S/C15H21N3O2/c1-3-15-10-17(7-8-18(15)14(19)20-11-15)9-13-6-4-5-12(2)16-13/h4-6H,3,7-11H2,1-2H3. The van der Waals surface area contributed by atoms with Crippen LogP contribution in [-0.2, 0) is 11.3 Å². The fourth-order valence-electron chi connectivity index (χ4n) is 3.20. The van der Waals surface area contributed by atoms with Gasteiger partial charge in [-0.05, 0) is 25.5 Å². The van der Waals surface area contributed by atoms with Crippen molar-refractivity contribution in [2.24, 2.45) is 0 Å². The predicted octanol–water partition coefficient (Wildman–Crippen LogP) is 1.81. The Morgan fingerprint density at radius 1 is 1.40 bits per heavy atom. The van der Waals surface area contributed by atoms with Crippen molar-refractivity contribution < 1.29 is 9.53 Å². The Bertz CT molecular complexity index is 520. The first-order valence-corrected chi connectivity index (χ1v) is 7.22. The summed E-state index contributed by atoms with van der Waals surface area (Å²) in [5, 5.41) is 0. The van der Waals surface area contributed by atoms with E-state index in [1.807, 2.05) is 24.0 Å². The minimum Gasteiger partial charge on any atom is -0.447 e. The first kappa shape index (κ1) is 13.4. The molecule has 0 aromatic carbocycles. The number of nitrogens with zero attached hydrogens (tertiary/aromatic N) is 3. The van der Waals surface area contributed by atoms with Crippen molar-refractivity contribution in [2.75, 3.05) is 26.2 Å². The lowest BCUT2D eigenvalue weighted by Crippen LogP contribution is -2.60. The zero-order valence-corrected chi connectivity index (χ0v) is 12.1. The van der Waals surface area contributed by atoms with Crippen molar-refractivity contribution in [3.63, 3.8) is 0 Å². The van der Waals surface area contributed by atoms with Crippen LogP contribution in [0.2, 0.25) is 0 Å². The van der Waals surface area contributed by atoms with Crippen LogP contribution in [0.5, 0.6) is 0 Å². The first-order chi connectivity index (χ1) is 9.63. The zero-order chi connectivity index (χ0) is 14.2. The molecule has 2 aliphatic heterocycles. The summed E-state index contributed by atoms with van der Waals surface area (Å²) in [5.74, 6) is 0. The quantitative estimate of drug-likeness (QED) is 0.844. The molecule has 3 heterocycles. The van der Waals surface area contributed by atoms with Gasteiger partial charge >= 0.3 is 6.09 Å². The van der Waals surface area contributed by atoms with E-state index in [9.17, 15) is 4.79 Å². The van der Waals surface area contributed by atoms with Crippen LogP contribution in [0.3, 0.4) is 0 Å². The molecule has 0 saturated carbocycles. The molecule has 3 rings (SSSR count). The van der Waals surface area contributed by atoms with Crippen molar-refractivity contribution in [2.45, 2.75) is 32.4 Å². The highest BCUT2D eigenvalue weighted by molar-refractivity contribution is 5.71. The smallest absolute Gasteiger partial charge is 0.410 e. The number of hydrogen-bond acceptors (Lipinski definition) is 4. The number of rotatable bonds is 3. The number of carbonyl (C=O) groups excluding carboxylic acids is 1. The van der Waals surface area contributed by atoms with Gasteiger partial charge in [0.15, 0.2) is 0 Å². The lowest BCUT2D eigenvalue weighted by Gasteiger charge is -2.44. The van der Waals surface area contributed by atoms with E-state index in [1.165, 1.54) is 0 Å². The SMILES string of the molecule is CCC12COC(=O)N1CCN(Cc1cccc(C)n1)C2. The lowest BCUT2D eigenvalue weighted by molar-refractivity contribution is 0.0443. The maximum Gasteiger partial charge on any atom is 0.410 e. The van der Waals surface area contributed by atoms with Crippen molar-refractivity contribution in [1.29, 1.82) is 0 Å². The van der Waals surface area contributed by atoms with Crippen molar-refractivity contribution >= 4 is 6.09 Å². The van der Waals surface area contributed by atoms with Crippen LogP contribution in [0.15, 0.2) is 18.2 Å². The molecule has 5 heteroatoms. The Hall–Kier alpha value is -1.62. The van der Waals surface area contributed by atoms with E-state index >= 15 is 0 Å². The number of aromatic nitrogens is 1. The van der Waals surface area contributed by atoms with Crippen LogP contribution in [0, 0.1) is 6.92 Å².